The molecule has 0 aliphatic carbocycles. The minimum Gasteiger partial charge on any atom is -0.343 e. The van der Waals surface area contributed by atoms with Crippen molar-refractivity contribution >= 4 is 21.8 Å². The van der Waals surface area contributed by atoms with E-state index in [1.807, 2.05) is 25.8 Å². The average Bonchev–Trinajstić information content (AvgIpc) is 2.62. The second kappa shape index (κ2) is 5.50. The zero-order valence-corrected chi connectivity index (χ0v) is 12.4. The van der Waals surface area contributed by atoms with Gasteiger partial charge in [0.1, 0.15) is 0 Å². The van der Waals surface area contributed by atoms with Crippen LogP contribution in [-0.4, -0.2) is 52.8 Å². The van der Waals surface area contributed by atoms with E-state index in [9.17, 15) is 4.79 Å². The molecule has 1 aliphatic heterocycles. The predicted octanol–water partition coefficient (Wildman–Crippen LogP) is 2.10. The number of hydrogen-bond acceptors (Lipinski definition) is 2. The molecule has 0 aromatic rings. The number of hydrogen-bond donors (Lipinski definition) is 0. The van der Waals surface area contributed by atoms with Gasteiger partial charge in [-0.3, -0.25) is 9.69 Å². The second-order valence-electron chi connectivity index (χ2n) is 5.08. The van der Waals surface area contributed by atoms with E-state index in [0.29, 0.717) is 6.04 Å². The van der Waals surface area contributed by atoms with Crippen LogP contribution in [0.4, 0.5) is 0 Å². The summed E-state index contributed by atoms with van der Waals surface area (Å²) in [5.74, 6) is 0.162. The van der Waals surface area contributed by atoms with Crippen molar-refractivity contribution in [1.82, 2.24) is 9.80 Å². The zero-order chi connectivity index (χ0) is 12.3. The lowest BCUT2D eigenvalue weighted by atomic mass is 10.1. The van der Waals surface area contributed by atoms with Crippen LogP contribution in [0.1, 0.15) is 33.6 Å². The number of likely N-dealkylation sites (tertiary alicyclic amines) is 1. The summed E-state index contributed by atoms with van der Waals surface area (Å²) in [5.41, 5.74) is 0. The van der Waals surface area contributed by atoms with Crippen molar-refractivity contribution in [3.8, 4) is 0 Å². The molecule has 0 saturated carbocycles. The van der Waals surface area contributed by atoms with Crippen molar-refractivity contribution in [2.45, 2.75) is 44.0 Å². The standard InChI is InChI=1S/C12H23BrN2O/c1-5-15-8-6-7-10(15)9-14(4)11(16)12(2,3)13/h10H,5-9H2,1-4H3. The smallest absolute Gasteiger partial charge is 0.238 e. The maximum Gasteiger partial charge on any atom is 0.238 e. The summed E-state index contributed by atoms with van der Waals surface area (Å²) >= 11 is 3.42. The van der Waals surface area contributed by atoms with E-state index in [2.05, 4.69) is 27.8 Å². The number of carbonyl (C=O) groups excluding carboxylic acids is 1. The Balaban J connectivity index is 2.51. The molecule has 1 amide bonds. The Morgan fingerprint density at radius 1 is 1.56 bits per heavy atom. The zero-order valence-electron chi connectivity index (χ0n) is 10.8. The van der Waals surface area contributed by atoms with Crippen molar-refractivity contribution < 1.29 is 4.79 Å². The first-order valence-electron chi connectivity index (χ1n) is 6.04. The fourth-order valence-corrected chi connectivity index (χ4v) is 2.67. The van der Waals surface area contributed by atoms with Crippen molar-refractivity contribution in [1.29, 1.82) is 0 Å². The highest BCUT2D eigenvalue weighted by Crippen LogP contribution is 2.21. The maximum atomic E-state index is 12.0. The van der Waals surface area contributed by atoms with E-state index < -0.39 is 4.32 Å². The van der Waals surface area contributed by atoms with E-state index in [1.165, 1.54) is 19.4 Å². The topological polar surface area (TPSA) is 23.6 Å². The number of likely N-dealkylation sites (N-methyl/N-ethyl adjacent to an activating group) is 2. The van der Waals surface area contributed by atoms with Crippen LogP contribution in [0.15, 0.2) is 0 Å². The molecule has 16 heavy (non-hydrogen) atoms. The van der Waals surface area contributed by atoms with E-state index in [-0.39, 0.29) is 5.91 Å². The van der Waals surface area contributed by atoms with Gasteiger partial charge in [0.25, 0.3) is 0 Å². The summed E-state index contributed by atoms with van der Waals surface area (Å²) in [6.45, 7) is 9.11. The molecule has 1 aliphatic rings. The minimum atomic E-state index is -0.447. The number of amides is 1. The molecule has 0 aromatic heterocycles. The van der Waals surface area contributed by atoms with Crippen LogP contribution >= 0.6 is 15.9 Å². The van der Waals surface area contributed by atoms with Gasteiger partial charge in [-0.15, -0.1) is 0 Å². The second-order valence-corrected chi connectivity index (χ2v) is 7.07. The first kappa shape index (κ1) is 14.0. The largest absolute Gasteiger partial charge is 0.343 e. The van der Waals surface area contributed by atoms with Crippen molar-refractivity contribution in [3.05, 3.63) is 0 Å². The van der Waals surface area contributed by atoms with Crippen LogP contribution in [-0.2, 0) is 4.79 Å². The molecule has 1 rings (SSSR count). The number of nitrogens with zero attached hydrogens (tertiary/aromatic N) is 2. The highest BCUT2D eigenvalue weighted by atomic mass is 79.9. The van der Waals surface area contributed by atoms with E-state index in [4.69, 9.17) is 0 Å². The Labute approximate surface area is 107 Å². The number of carbonyl (C=O) groups is 1. The van der Waals surface area contributed by atoms with Gasteiger partial charge >= 0.3 is 0 Å². The van der Waals surface area contributed by atoms with Gasteiger partial charge < -0.3 is 4.90 Å². The van der Waals surface area contributed by atoms with E-state index >= 15 is 0 Å². The Kier molecular flexibility index (Phi) is 4.80. The molecular weight excluding hydrogens is 268 g/mol. The molecule has 0 bridgehead atoms. The summed E-state index contributed by atoms with van der Waals surface area (Å²) in [6, 6.07) is 0.550. The lowest BCUT2D eigenvalue weighted by molar-refractivity contribution is -0.132. The van der Waals surface area contributed by atoms with Crippen LogP contribution in [0.5, 0.6) is 0 Å². The van der Waals surface area contributed by atoms with Gasteiger partial charge in [-0.2, -0.15) is 0 Å². The predicted molar refractivity (Wildman–Crippen MR) is 70.9 cm³/mol. The molecule has 0 N–H and O–H groups in total. The summed E-state index contributed by atoms with van der Waals surface area (Å²) < 4.78 is -0.447. The highest BCUT2D eigenvalue weighted by molar-refractivity contribution is 9.10. The molecule has 4 heteroatoms. The third-order valence-electron chi connectivity index (χ3n) is 3.25. The first-order valence-corrected chi connectivity index (χ1v) is 6.84. The van der Waals surface area contributed by atoms with Crippen LogP contribution < -0.4 is 0 Å². The van der Waals surface area contributed by atoms with E-state index in [1.54, 1.807) is 0 Å². The molecule has 1 fully saturated rings. The molecule has 1 unspecified atom stereocenters. The molecular formula is C12H23BrN2O. The number of rotatable bonds is 4. The molecule has 3 nitrogen and oxygen atoms in total. The Hall–Kier alpha value is -0.0900. The quantitative estimate of drug-likeness (QED) is 0.741. The Morgan fingerprint density at radius 2 is 2.19 bits per heavy atom. The summed E-state index contributed by atoms with van der Waals surface area (Å²) in [6.07, 6.45) is 2.48. The molecule has 1 atom stereocenters. The van der Waals surface area contributed by atoms with Crippen LogP contribution in [0.3, 0.4) is 0 Å². The van der Waals surface area contributed by atoms with Gasteiger partial charge in [0.2, 0.25) is 5.91 Å². The molecule has 0 aromatic carbocycles. The van der Waals surface area contributed by atoms with Gasteiger partial charge in [-0.1, -0.05) is 22.9 Å². The van der Waals surface area contributed by atoms with Gasteiger partial charge in [0.15, 0.2) is 0 Å². The van der Waals surface area contributed by atoms with Crippen molar-refractivity contribution in [2.75, 3.05) is 26.7 Å². The summed E-state index contributed by atoms with van der Waals surface area (Å²) in [7, 11) is 1.90. The van der Waals surface area contributed by atoms with Crippen LogP contribution in [0.25, 0.3) is 0 Å². The lowest BCUT2D eigenvalue weighted by Gasteiger charge is -2.30. The lowest BCUT2D eigenvalue weighted by Crippen LogP contribution is -2.46. The molecule has 1 heterocycles. The third kappa shape index (κ3) is 3.45. The summed E-state index contributed by atoms with van der Waals surface area (Å²) in [5, 5.41) is 0. The fourth-order valence-electron chi connectivity index (χ4n) is 2.37. The van der Waals surface area contributed by atoms with Gasteiger partial charge in [-0.05, 0) is 39.8 Å². The normalized spacial score (nSPS) is 22.4. The van der Waals surface area contributed by atoms with Crippen molar-refractivity contribution in [3.63, 3.8) is 0 Å². The average molecular weight is 291 g/mol. The number of alkyl halides is 1. The monoisotopic (exact) mass is 290 g/mol. The van der Waals surface area contributed by atoms with Crippen LogP contribution in [0.2, 0.25) is 0 Å². The highest BCUT2D eigenvalue weighted by Gasteiger charge is 2.31. The number of halogens is 1. The SMILES string of the molecule is CCN1CCCC1CN(C)C(=O)C(C)(C)Br. The minimum absolute atomic E-state index is 0.162. The fraction of sp³-hybridized carbons (Fsp3) is 0.917. The maximum absolute atomic E-state index is 12.0. The van der Waals surface area contributed by atoms with Crippen LogP contribution in [0, 0.1) is 0 Å². The molecule has 0 spiro atoms. The Morgan fingerprint density at radius 3 is 2.69 bits per heavy atom. The van der Waals surface area contributed by atoms with Gasteiger partial charge in [-0.25, -0.2) is 0 Å². The Bertz CT molecular complexity index is 250. The van der Waals surface area contributed by atoms with Gasteiger partial charge in [0, 0.05) is 19.6 Å². The molecule has 1 saturated heterocycles. The summed E-state index contributed by atoms with van der Waals surface area (Å²) in [4.78, 5) is 16.3. The molecule has 94 valence electrons. The van der Waals surface area contributed by atoms with Gasteiger partial charge in [0.05, 0.1) is 4.32 Å². The third-order valence-corrected chi connectivity index (χ3v) is 3.58. The first-order chi connectivity index (χ1) is 7.36. The van der Waals surface area contributed by atoms with Crippen molar-refractivity contribution in [2.24, 2.45) is 0 Å². The van der Waals surface area contributed by atoms with E-state index in [0.717, 1.165) is 13.1 Å². The molecule has 0 radical (unpaired) electrons.